The number of rotatable bonds is 1. The van der Waals surface area contributed by atoms with Crippen LogP contribution in [-0.4, -0.2) is 11.3 Å². The van der Waals surface area contributed by atoms with Gasteiger partial charge in [-0.15, -0.1) is 0 Å². The van der Waals surface area contributed by atoms with E-state index in [4.69, 9.17) is 5.11 Å². The number of halogens is 7. The Bertz CT molecular complexity index is 445. The van der Waals surface area contributed by atoms with E-state index in [9.17, 15) is 30.7 Å². The molecule has 0 aromatic heterocycles. The lowest BCUT2D eigenvalue weighted by Crippen LogP contribution is -2.40. The summed E-state index contributed by atoms with van der Waals surface area (Å²) in [6.07, 6.45) is -10.4. The average molecular weight is 276 g/mol. The van der Waals surface area contributed by atoms with Gasteiger partial charge in [-0.3, -0.25) is 0 Å². The SMILES string of the molecule is CC(O)(c1cccc(C(F)(F)F)c1F)C(F)(F)F. The van der Waals surface area contributed by atoms with Gasteiger partial charge in [0.25, 0.3) is 0 Å². The Labute approximate surface area is 96.8 Å². The molecule has 1 N–H and O–H groups in total. The molecule has 0 aliphatic heterocycles. The Hall–Kier alpha value is -1.31. The molecular formula is C10H7F7O. The molecule has 1 atom stereocenters. The summed E-state index contributed by atoms with van der Waals surface area (Å²) in [6, 6.07) is 1.35. The summed E-state index contributed by atoms with van der Waals surface area (Å²) in [5, 5.41) is 9.16. The van der Waals surface area contributed by atoms with E-state index in [1.165, 1.54) is 0 Å². The molecule has 8 heteroatoms. The topological polar surface area (TPSA) is 20.2 Å². The molecule has 18 heavy (non-hydrogen) atoms. The molecule has 0 aliphatic carbocycles. The van der Waals surface area contributed by atoms with Crippen molar-refractivity contribution in [2.75, 3.05) is 0 Å². The predicted octanol–water partition coefficient (Wildman–Crippen LogP) is 3.61. The van der Waals surface area contributed by atoms with Crippen molar-refractivity contribution in [3.63, 3.8) is 0 Å². The van der Waals surface area contributed by atoms with Crippen molar-refractivity contribution in [1.82, 2.24) is 0 Å². The van der Waals surface area contributed by atoms with Crippen LogP contribution in [0.2, 0.25) is 0 Å². The van der Waals surface area contributed by atoms with Crippen molar-refractivity contribution in [2.24, 2.45) is 0 Å². The Kier molecular flexibility index (Phi) is 3.37. The predicted molar refractivity (Wildman–Crippen MR) is 47.0 cm³/mol. The zero-order chi connectivity index (χ0) is 14.4. The van der Waals surface area contributed by atoms with Crippen LogP contribution in [0.15, 0.2) is 18.2 Å². The standard InChI is InChI=1S/C10H7F7O/c1-8(18,10(15,16)17)5-3-2-4-6(7(5)11)9(12,13)14/h2-4,18H,1H3. The maximum absolute atomic E-state index is 13.4. The molecule has 102 valence electrons. The van der Waals surface area contributed by atoms with Gasteiger partial charge in [0.05, 0.1) is 5.56 Å². The molecule has 1 nitrogen and oxygen atoms in total. The van der Waals surface area contributed by atoms with E-state index in [2.05, 4.69) is 0 Å². The van der Waals surface area contributed by atoms with Crippen LogP contribution in [-0.2, 0) is 11.8 Å². The molecular weight excluding hydrogens is 269 g/mol. The summed E-state index contributed by atoms with van der Waals surface area (Å²) in [5.41, 5.74) is -7.02. The molecule has 1 aromatic rings. The van der Waals surface area contributed by atoms with Crippen molar-refractivity contribution in [3.8, 4) is 0 Å². The summed E-state index contributed by atoms with van der Waals surface area (Å²) in [7, 11) is 0. The van der Waals surface area contributed by atoms with Crippen LogP contribution in [0.5, 0.6) is 0 Å². The molecule has 0 saturated heterocycles. The molecule has 0 spiro atoms. The van der Waals surface area contributed by atoms with E-state index in [1.807, 2.05) is 0 Å². The molecule has 1 unspecified atom stereocenters. The molecule has 1 aromatic carbocycles. The zero-order valence-corrected chi connectivity index (χ0v) is 8.83. The Morgan fingerprint density at radius 2 is 1.39 bits per heavy atom. The molecule has 0 radical (unpaired) electrons. The molecule has 1 rings (SSSR count). The average Bonchev–Trinajstić information content (AvgIpc) is 2.13. The van der Waals surface area contributed by atoms with E-state index in [-0.39, 0.29) is 6.92 Å². The number of hydrogen-bond donors (Lipinski definition) is 1. The monoisotopic (exact) mass is 276 g/mol. The van der Waals surface area contributed by atoms with E-state index >= 15 is 0 Å². The van der Waals surface area contributed by atoms with Gasteiger partial charge < -0.3 is 5.11 Å². The maximum Gasteiger partial charge on any atom is 0.421 e. The van der Waals surface area contributed by atoms with Gasteiger partial charge >= 0.3 is 12.4 Å². The first-order valence-electron chi connectivity index (χ1n) is 4.54. The highest BCUT2D eigenvalue weighted by Gasteiger charge is 2.53. The summed E-state index contributed by atoms with van der Waals surface area (Å²) in [5.74, 6) is -2.13. The van der Waals surface area contributed by atoms with Gasteiger partial charge in [0.2, 0.25) is 0 Å². The zero-order valence-electron chi connectivity index (χ0n) is 8.83. The van der Waals surface area contributed by atoms with Crippen LogP contribution in [0.4, 0.5) is 30.7 Å². The van der Waals surface area contributed by atoms with Gasteiger partial charge in [-0.1, -0.05) is 12.1 Å². The van der Waals surface area contributed by atoms with E-state index in [0.29, 0.717) is 18.2 Å². The van der Waals surface area contributed by atoms with Gasteiger partial charge in [-0.25, -0.2) is 4.39 Å². The van der Waals surface area contributed by atoms with E-state index in [0.717, 1.165) is 0 Å². The highest BCUT2D eigenvalue weighted by molar-refractivity contribution is 5.32. The van der Waals surface area contributed by atoms with Crippen LogP contribution < -0.4 is 0 Å². The summed E-state index contributed by atoms with van der Waals surface area (Å²) in [6.45, 7) is 0.186. The van der Waals surface area contributed by atoms with Crippen LogP contribution in [0.1, 0.15) is 18.1 Å². The lowest BCUT2D eigenvalue weighted by molar-refractivity contribution is -0.260. The van der Waals surface area contributed by atoms with Crippen molar-refractivity contribution < 1.29 is 35.8 Å². The highest BCUT2D eigenvalue weighted by atomic mass is 19.4. The largest absolute Gasteiger partial charge is 0.421 e. The first-order chi connectivity index (χ1) is 7.89. The summed E-state index contributed by atoms with van der Waals surface area (Å²) in [4.78, 5) is 0. The minimum Gasteiger partial charge on any atom is -0.376 e. The minimum absolute atomic E-state index is 0.186. The molecule has 0 fully saturated rings. The maximum atomic E-state index is 13.4. The second-order valence-electron chi connectivity index (χ2n) is 3.73. The van der Waals surface area contributed by atoms with Crippen LogP contribution in [0.25, 0.3) is 0 Å². The van der Waals surface area contributed by atoms with Gasteiger partial charge in [0.15, 0.2) is 5.60 Å². The Morgan fingerprint density at radius 1 is 0.944 bits per heavy atom. The lowest BCUT2D eigenvalue weighted by atomic mass is 9.93. The molecule has 0 saturated carbocycles. The fourth-order valence-corrected chi connectivity index (χ4v) is 1.28. The highest BCUT2D eigenvalue weighted by Crippen LogP contribution is 2.42. The van der Waals surface area contributed by atoms with Gasteiger partial charge in [-0.05, 0) is 13.0 Å². The normalized spacial score (nSPS) is 16.5. The summed E-state index contributed by atoms with van der Waals surface area (Å²) >= 11 is 0. The lowest BCUT2D eigenvalue weighted by Gasteiger charge is -2.27. The molecule has 0 amide bonds. The number of alkyl halides is 6. The fourth-order valence-electron chi connectivity index (χ4n) is 1.28. The molecule has 0 heterocycles. The Balaban J connectivity index is 3.46. The number of benzene rings is 1. The van der Waals surface area contributed by atoms with Gasteiger partial charge in [0.1, 0.15) is 5.82 Å². The van der Waals surface area contributed by atoms with Gasteiger partial charge in [-0.2, -0.15) is 26.3 Å². The number of hydrogen-bond acceptors (Lipinski definition) is 1. The first kappa shape index (κ1) is 14.7. The van der Waals surface area contributed by atoms with E-state index in [1.54, 1.807) is 0 Å². The van der Waals surface area contributed by atoms with Crippen molar-refractivity contribution >= 4 is 0 Å². The van der Waals surface area contributed by atoms with E-state index < -0.39 is 34.9 Å². The van der Waals surface area contributed by atoms with Crippen LogP contribution in [0.3, 0.4) is 0 Å². The third-order valence-electron chi connectivity index (χ3n) is 2.38. The second-order valence-corrected chi connectivity index (χ2v) is 3.73. The third kappa shape index (κ3) is 2.43. The van der Waals surface area contributed by atoms with Crippen molar-refractivity contribution in [2.45, 2.75) is 24.9 Å². The number of aliphatic hydroxyl groups is 1. The Morgan fingerprint density at radius 3 is 1.78 bits per heavy atom. The van der Waals surface area contributed by atoms with Crippen LogP contribution in [0, 0.1) is 5.82 Å². The first-order valence-corrected chi connectivity index (χ1v) is 4.54. The fraction of sp³-hybridized carbons (Fsp3) is 0.400. The second kappa shape index (κ2) is 4.11. The van der Waals surface area contributed by atoms with Crippen molar-refractivity contribution in [3.05, 3.63) is 35.1 Å². The molecule has 0 bridgehead atoms. The third-order valence-corrected chi connectivity index (χ3v) is 2.38. The smallest absolute Gasteiger partial charge is 0.376 e. The minimum atomic E-state index is -5.29. The molecule has 0 aliphatic rings. The van der Waals surface area contributed by atoms with Crippen LogP contribution >= 0.6 is 0 Å². The van der Waals surface area contributed by atoms with Crippen molar-refractivity contribution in [1.29, 1.82) is 0 Å². The summed E-state index contributed by atoms with van der Waals surface area (Å²) < 4.78 is 87.6. The quantitative estimate of drug-likeness (QED) is 0.777. The van der Waals surface area contributed by atoms with Gasteiger partial charge in [0, 0.05) is 5.56 Å².